The topological polar surface area (TPSA) is 23.5 Å². The fourth-order valence-corrected chi connectivity index (χ4v) is 3.58. The quantitative estimate of drug-likeness (QED) is 0.480. The summed E-state index contributed by atoms with van der Waals surface area (Å²) in [5.41, 5.74) is 5.11. The first-order valence-electron chi connectivity index (χ1n) is 10.3. The number of aliphatic hydroxyl groups is 1. The van der Waals surface area contributed by atoms with Crippen LogP contribution < -0.4 is 4.90 Å². The van der Waals surface area contributed by atoms with E-state index >= 15 is 0 Å². The molecule has 1 N–H and O–H groups in total. The number of nitrogens with zero attached hydrogens (tertiary/aromatic N) is 1. The van der Waals surface area contributed by atoms with E-state index in [1.54, 1.807) is 0 Å². The molecule has 2 aromatic rings. The lowest BCUT2D eigenvalue weighted by Crippen LogP contribution is -2.30. The first kappa shape index (κ1) is 20.5. The summed E-state index contributed by atoms with van der Waals surface area (Å²) in [6.07, 6.45) is 7.36. The zero-order chi connectivity index (χ0) is 18.8. The Morgan fingerprint density at radius 2 is 1.31 bits per heavy atom. The lowest BCUT2D eigenvalue weighted by molar-refractivity contribution is 0.168. The number of anilines is 2. The zero-order valence-corrected chi connectivity index (χ0v) is 16.7. The molecule has 0 fully saturated rings. The molecule has 2 aromatic carbocycles. The molecule has 26 heavy (non-hydrogen) atoms. The fourth-order valence-electron chi connectivity index (χ4n) is 3.58. The molecule has 0 aliphatic heterocycles. The third-order valence-electron chi connectivity index (χ3n) is 5.11. The molecule has 2 heteroatoms. The highest BCUT2D eigenvalue weighted by Crippen LogP contribution is 2.32. The number of unbranched alkanes of at least 4 members (excludes halogenated alkanes) is 3. The Bertz CT molecular complexity index is 605. The van der Waals surface area contributed by atoms with Crippen molar-refractivity contribution in [2.24, 2.45) is 0 Å². The predicted octanol–water partition coefficient (Wildman–Crippen LogP) is 6.28. The van der Waals surface area contributed by atoms with Crippen LogP contribution in [0.4, 0.5) is 11.4 Å². The average Bonchev–Trinajstić information content (AvgIpc) is 2.69. The number of benzene rings is 2. The number of para-hydroxylation sites is 2. The summed E-state index contributed by atoms with van der Waals surface area (Å²) in [4.78, 5) is 2.34. The average molecular weight is 354 g/mol. The van der Waals surface area contributed by atoms with Crippen molar-refractivity contribution in [1.82, 2.24) is 0 Å². The number of hydrogen-bond donors (Lipinski definition) is 1. The lowest BCUT2D eigenvalue weighted by atomic mass is 10.0. The van der Waals surface area contributed by atoms with Crippen LogP contribution in [0.15, 0.2) is 48.5 Å². The molecule has 1 atom stereocenters. The first-order chi connectivity index (χ1) is 12.7. The van der Waals surface area contributed by atoms with Gasteiger partial charge < -0.3 is 10.0 Å². The Morgan fingerprint density at radius 1 is 0.769 bits per heavy atom. The number of hydrogen-bond acceptors (Lipinski definition) is 2. The van der Waals surface area contributed by atoms with Gasteiger partial charge >= 0.3 is 0 Å². The SMILES string of the molecule is CCCCCCC(O)CN(c1ccccc1CC)c1ccccc1CC. The minimum atomic E-state index is -0.304. The summed E-state index contributed by atoms with van der Waals surface area (Å²) >= 11 is 0. The minimum absolute atomic E-state index is 0.304. The molecule has 2 nitrogen and oxygen atoms in total. The van der Waals surface area contributed by atoms with E-state index < -0.39 is 0 Å². The number of aryl methyl sites for hydroxylation is 2. The highest BCUT2D eigenvalue weighted by molar-refractivity contribution is 5.69. The highest BCUT2D eigenvalue weighted by Gasteiger charge is 2.18. The van der Waals surface area contributed by atoms with Crippen LogP contribution in [0.25, 0.3) is 0 Å². The Kier molecular flexibility index (Phi) is 8.70. The maximum absolute atomic E-state index is 10.7. The van der Waals surface area contributed by atoms with Gasteiger partial charge in [0.15, 0.2) is 0 Å². The third kappa shape index (κ3) is 5.60. The summed E-state index contributed by atoms with van der Waals surface area (Å²) in [5.74, 6) is 0. The van der Waals surface area contributed by atoms with Crippen LogP contribution in [0.5, 0.6) is 0 Å². The van der Waals surface area contributed by atoms with Crippen molar-refractivity contribution < 1.29 is 5.11 Å². The van der Waals surface area contributed by atoms with Gasteiger partial charge in [0.05, 0.1) is 6.10 Å². The van der Waals surface area contributed by atoms with Crippen molar-refractivity contribution in [2.75, 3.05) is 11.4 Å². The van der Waals surface area contributed by atoms with Gasteiger partial charge in [0.2, 0.25) is 0 Å². The minimum Gasteiger partial charge on any atom is -0.391 e. The molecule has 0 aromatic heterocycles. The Morgan fingerprint density at radius 3 is 1.81 bits per heavy atom. The maximum atomic E-state index is 10.7. The summed E-state index contributed by atoms with van der Waals surface area (Å²) in [6, 6.07) is 17.2. The molecule has 142 valence electrons. The van der Waals surface area contributed by atoms with Crippen LogP contribution in [-0.2, 0) is 12.8 Å². The second kappa shape index (κ2) is 11.0. The molecule has 0 aliphatic rings. The van der Waals surface area contributed by atoms with E-state index in [2.05, 4.69) is 74.2 Å². The molecule has 0 saturated heterocycles. The fraction of sp³-hybridized carbons (Fsp3) is 0.500. The smallest absolute Gasteiger partial charge is 0.0719 e. The van der Waals surface area contributed by atoms with E-state index in [1.807, 2.05) is 0 Å². The van der Waals surface area contributed by atoms with Gasteiger partial charge in [-0.3, -0.25) is 0 Å². The molecule has 0 spiro atoms. The summed E-state index contributed by atoms with van der Waals surface area (Å²) < 4.78 is 0. The van der Waals surface area contributed by atoms with Crippen molar-refractivity contribution in [2.45, 2.75) is 71.8 Å². The van der Waals surface area contributed by atoms with Crippen molar-refractivity contribution >= 4 is 11.4 Å². The summed E-state index contributed by atoms with van der Waals surface area (Å²) in [5, 5.41) is 10.7. The zero-order valence-electron chi connectivity index (χ0n) is 16.7. The molecule has 0 aliphatic carbocycles. The van der Waals surface area contributed by atoms with Crippen LogP contribution in [0, 0.1) is 0 Å². The van der Waals surface area contributed by atoms with Crippen molar-refractivity contribution in [3.63, 3.8) is 0 Å². The molecule has 0 bridgehead atoms. The van der Waals surface area contributed by atoms with E-state index in [0.717, 1.165) is 25.7 Å². The maximum Gasteiger partial charge on any atom is 0.0719 e. The second-order valence-corrected chi connectivity index (χ2v) is 7.08. The van der Waals surface area contributed by atoms with Crippen LogP contribution in [0.2, 0.25) is 0 Å². The largest absolute Gasteiger partial charge is 0.391 e. The standard InChI is InChI=1S/C24H35NO/c1-4-7-8-9-16-22(26)19-25(23-17-12-10-14-20(23)5-2)24-18-13-11-15-21(24)6-3/h10-15,17-18,22,26H,4-9,16,19H2,1-3H3. The van der Waals surface area contributed by atoms with Crippen molar-refractivity contribution in [1.29, 1.82) is 0 Å². The molecular weight excluding hydrogens is 318 g/mol. The van der Waals surface area contributed by atoms with Gasteiger partial charge in [-0.15, -0.1) is 0 Å². The molecule has 1 unspecified atom stereocenters. The first-order valence-corrected chi connectivity index (χ1v) is 10.3. The van der Waals surface area contributed by atoms with Crippen LogP contribution in [-0.4, -0.2) is 17.8 Å². The second-order valence-electron chi connectivity index (χ2n) is 7.08. The van der Waals surface area contributed by atoms with E-state index in [0.29, 0.717) is 6.54 Å². The van der Waals surface area contributed by atoms with Gasteiger partial charge in [0.1, 0.15) is 0 Å². The Labute approximate surface area is 159 Å². The van der Waals surface area contributed by atoms with E-state index in [-0.39, 0.29) is 6.10 Å². The summed E-state index contributed by atoms with van der Waals surface area (Å²) in [7, 11) is 0. The molecule has 0 saturated carbocycles. The van der Waals surface area contributed by atoms with Gasteiger partial charge in [0, 0.05) is 17.9 Å². The van der Waals surface area contributed by atoms with E-state index in [1.165, 1.54) is 41.8 Å². The monoisotopic (exact) mass is 353 g/mol. The van der Waals surface area contributed by atoms with Crippen molar-refractivity contribution in [3.05, 3.63) is 59.7 Å². The van der Waals surface area contributed by atoms with Gasteiger partial charge in [0.25, 0.3) is 0 Å². The molecular formula is C24H35NO. The van der Waals surface area contributed by atoms with Crippen molar-refractivity contribution in [3.8, 4) is 0 Å². The van der Waals surface area contributed by atoms with Gasteiger partial charge in [-0.05, 0) is 42.5 Å². The lowest BCUT2D eigenvalue weighted by Gasteiger charge is -2.31. The predicted molar refractivity (Wildman–Crippen MR) is 113 cm³/mol. The highest BCUT2D eigenvalue weighted by atomic mass is 16.3. The van der Waals surface area contributed by atoms with E-state index in [9.17, 15) is 5.11 Å². The van der Waals surface area contributed by atoms with Crippen LogP contribution in [0.1, 0.15) is 64.0 Å². The van der Waals surface area contributed by atoms with Gasteiger partial charge in [-0.25, -0.2) is 0 Å². The van der Waals surface area contributed by atoms with Gasteiger partial charge in [-0.1, -0.05) is 82.9 Å². The molecule has 2 rings (SSSR count). The number of rotatable bonds is 11. The van der Waals surface area contributed by atoms with Gasteiger partial charge in [-0.2, -0.15) is 0 Å². The molecule has 0 amide bonds. The van der Waals surface area contributed by atoms with Crippen LogP contribution >= 0.6 is 0 Å². The third-order valence-corrected chi connectivity index (χ3v) is 5.11. The molecule has 0 radical (unpaired) electrons. The number of aliphatic hydroxyl groups excluding tert-OH is 1. The summed E-state index contributed by atoms with van der Waals surface area (Å²) in [6.45, 7) is 7.27. The molecule has 0 heterocycles. The van der Waals surface area contributed by atoms with Crippen LogP contribution in [0.3, 0.4) is 0 Å². The van der Waals surface area contributed by atoms with E-state index in [4.69, 9.17) is 0 Å². The Hall–Kier alpha value is -1.80. The Balaban J connectivity index is 2.27. The normalized spacial score (nSPS) is 12.2.